The van der Waals surface area contributed by atoms with Crippen LogP contribution in [0.1, 0.15) is 11.1 Å². The van der Waals surface area contributed by atoms with Crippen molar-refractivity contribution in [3.8, 4) is 5.75 Å². The minimum atomic E-state index is -3.91. The number of hydrogen-bond donors (Lipinski definition) is 1. The number of carbonyl (C=O) groups excluding carboxylic acids is 2. The number of halogens is 2. The maximum absolute atomic E-state index is 13.9. The van der Waals surface area contributed by atoms with E-state index < -0.39 is 34.4 Å². The van der Waals surface area contributed by atoms with Crippen LogP contribution in [0, 0.1) is 0 Å². The summed E-state index contributed by atoms with van der Waals surface area (Å²) in [5.74, 6) is -0.627. The van der Waals surface area contributed by atoms with Crippen LogP contribution < -0.4 is 14.4 Å². The van der Waals surface area contributed by atoms with Crippen LogP contribution in [0.5, 0.6) is 5.75 Å². The van der Waals surface area contributed by atoms with Gasteiger partial charge in [-0.2, -0.15) is 0 Å². The molecule has 8 nitrogen and oxygen atoms in total. The van der Waals surface area contributed by atoms with Gasteiger partial charge in [-0.15, -0.1) is 0 Å². The first-order valence-electron chi connectivity index (χ1n) is 11.6. The number of rotatable bonds is 11. The molecule has 3 rings (SSSR count). The number of hydrogen-bond acceptors (Lipinski definition) is 5. The minimum Gasteiger partial charge on any atom is -0.495 e. The summed E-state index contributed by atoms with van der Waals surface area (Å²) >= 11 is 12.6. The highest BCUT2D eigenvalue weighted by atomic mass is 35.5. The van der Waals surface area contributed by atoms with Gasteiger partial charge in [-0.3, -0.25) is 13.9 Å². The summed E-state index contributed by atoms with van der Waals surface area (Å²) in [6.45, 7) is -0.571. The quantitative estimate of drug-likeness (QED) is 0.369. The Bertz CT molecular complexity index is 1390. The van der Waals surface area contributed by atoms with Crippen molar-refractivity contribution < 1.29 is 22.7 Å². The van der Waals surface area contributed by atoms with Gasteiger partial charge in [-0.25, -0.2) is 8.42 Å². The number of sulfonamides is 1. The van der Waals surface area contributed by atoms with Gasteiger partial charge in [0.25, 0.3) is 0 Å². The molecule has 0 unspecified atom stereocenters. The fourth-order valence-corrected chi connectivity index (χ4v) is 5.24. The van der Waals surface area contributed by atoms with Gasteiger partial charge in [0, 0.05) is 25.0 Å². The minimum absolute atomic E-state index is 0.00953. The molecule has 0 heterocycles. The highest BCUT2D eigenvalue weighted by Crippen LogP contribution is 2.30. The summed E-state index contributed by atoms with van der Waals surface area (Å²) in [5.41, 5.74) is 1.63. The topological polar surface area (TPSA) is 96.0 Å². The van der Waals surface area contributed by atoms with Crippen molar-refractivity contribution in [2.75, 3.05) is 31.3 Å². The number of likely N-dealkylation sites (N-methyl/N-ethyl adjacent to an activating group) is 1. The third-order valence-electron chi connectivity index (χ3n) is 5.92. The molecule has 2 amide bonds. The first kappa shape index (κ1) is 29.3. The Kier molecular flexibility index (Phi) is 10.0. The lowest BCUT2D eigenvalue weighted by molar-refractivity contribution is -0.139. The Labute approximate surface area is 233 Å². The third-order valence-corrected chi connectivity index (χ3v) is 7.72. The van der Waals surface area contributed by atoms with Crippen molar-refractivity contribution in [3.63, 3.8) is 0 Å². The van der Waals surface area contributed by atoms with E-state index in [2.05, 4.69) is 5.32 Å². The van der Waals surface area contributed by atoms with Gasteiger partial charge < -0.3 is 15.0 Å². The lowest BCUT2D eigenvalue weighted by atomic mass is 10.0. The first-order chi connectivity index (χ1) is 18.0. The molecule has 0 bridgehead atoms. The fraction of sp³-hybridized carbons (Fsp3) is 0.259. The Morgan fingerprint density at radius 2 is 1.63 bits per heavy atom. The summed E-state index contributed by atoms with van der Waals surface area (Å²) in [6, 6.07) is 19.7. The van der Waals surface area contributed by atoms with E-state index in [0.29, 0.717) is 16.3 Å². The molecule has 0 saturated carbocycles. The number of ether oxygens (including phenoxy) is 1. The average Bonchev–Trinajstić information content (AvgIpc) is 2.89. The van der Waals surface area contributed by atoms with Crippen LogP contribution >= 0.6 is 23.2 Å². The van der Waals surface area contributed by atoms with Crippen LogP contribution in [-0.4, -0.2) is 58.1 Å². The summed E-state index contributed by atoms with van der Waals surface area (Å²) in [5, 5.41) is 3.23. The zero-order chi connectivity index (χ0) is 27.9. The Morgan fingerprint density at radius 1 is 0.974 bits per heavy atom. The van der Waals surface area contributed by atoms with Crippen molar-refractivity contribution in [3.05, 3.63) is 94.0 Å². The fourth-order valence-electron chi connectivity index (χ4n) is 3.95. The molecule has 1 atom stereocenters. The molecular formula is C27H29Cl2N3O5S. The monoisotopic (exact) mass is 577 g/mol. The second kappa shape index (κ2) is 13.0. The number of nitrogens with one attached hydrogen (secondary N) is 1. The van der Waals surface area contributed by atoms with E-state index in [-0.39, 0.29) is 23.7 Å². The molecule has 0 aliphatic rings. The van der Waals surface area contributed by atoms with Gasteiger partial charge >= 0.3 is 0 Å². The normalized spacial score (nSPS) is 11.9. The predicted molar refractivity (Wildman–Crippen MR) is 150 cm³/mol. The predicted octanol–water partition coefficient (Wildman–Crippen LogP) is 4.15. The Morgan fingerprint density at radius 3 is 2.21 bits per heavy atom. The maximum atomic E-state index is 13.9. The van der Waals surface area contributed by atoms with Crippen molar-refractivity contribution >= 4 is 50.7 Å². The largest absolute Gasteiger partial charge is 0.495 e. The van der Waals surface area contributed by atoms with Gasteiger partial charge in [-0.05, 0) is 35.4 Å². The van der Waals surface area contributed by atoms with E-state index >= 15 is 0 Å². The maximum Gasteiger partial charge on any atom is 0.244 e. The molecule has 0 fully saturated rings. The molecular weight excluding hydrogens is 549 g/mol. The van der Waals surface area contributed by atoms with Crippen LogP contribution in [0.2, 0.25) is 10.0 Å². The van der Waals surface area contributed by atoms with Crippen molar-refractivity contribution in [2.24, 2.45) is 0 Å². The molecule has 38 heavy (non-hydrogen) atoms. The van der Waals surface area contributed by atoms with E-state index in [1.807, 2.05) is 30.3 Å². The summed E-state index contributed by atoms with van der Waals surface area (Å²) in [6.07, 6.45) is 1.21. The zero-order valence-corrected chi connectivity index (χ0v) is 23.6. The standard InChI is InChI=1S/C27H29Cl2N3O5S/c1-30-27(34)24(15-19-9-5-4-6-10-19)31(17-20-11-7-8-12-22(20)28)26(33)18-32(38(3,35)36)21-13-14-25(37-2)23(29)16-21/h4-14,16,24H,15,17-18H2,1-3H3,(H,30,34)/t24-/m1/s1. The Balaban J connectivity index is 2.04. The lowest BCUT2D eigenvalue weighted by Gasteiger charge is -2.33. The Hall–Kier alpha value is -3.27. The van der Waals surface area contributed by atoms with Gasteiger partial charge in [-0.1, -0.05) is 71.7 Å². The number of anilines is 1. The molecule has 202 valence electrons. The van der Waals surface area contributed by atoms with Crippen LogP contribution in [0.4, 0.5) is 5.69 Å². The molecule has 0 aliphatic heterocycles. The van der Waals surface area contributed by atoms with Crippen LogP contribution in [-0.2, 0) is 32.6 Å². The van der Waals surface area contributed by atoms with Crippen molar-refractivity contribution in [1.82, 2.24) is 10.2 Å². The van der Waals surface area contributed by atoms with Gasteiger partial charge in [0.15, 0.2) is 0 Å². The van der Waals surface area contributed by atoms with E-state index in [0.717, 1.165) is 16.1 Å². The molecule has 3 aromatic carbocycles. The molecule has 1 N–H and O–H groups in total. The third kappa shape index (κ3) is 7.40. The van der Waals surface area contributed by atoms with Crippen LogP contribution in [0.3, 0.4) is 0 Å². The van der Waals surface area contributed by atoms with E-state index in [4.69, 9.17) is 27.9 Å². The second-order valence-electron chi connectivity index (χ2n) is 8.52. The summed E-state index contributed by atoms with van der Waals surface area (Å²) < 4.78 is 31.7. The summed E-state index contributed by atoms with van der Waals surface area (Å²) in [7, 11) is -0.986. The number of benzene rings is 3. The molecule has 0 aliphatic carbocycles. The average molecular weight is 579 g/mol. The van der Waals surface area contributed by atoms with Crippen LogP contribution in [0.15, 0.2) is 72.8 Å². The van der Waals surface area contributed by atoms with E-state index in [1.54, 1.807) is 24.3 Å². The molecule has 0 saturated heterocycles. The summed E-state index contributed by atoms with van der Waals surface area (Å²) in [4.78, 5) is 28.4. The second-order valence-corrected chi connectivity index (χ2v) is 11.2. The molecule has 11 heteroatoms. The number of methoxy groups -OCH3 is 1. The van der Waals surface area contributed by atoms with Gasteiger partial charge in [0.2, 0.25) is 21.8 Å². The SMILES string of the molecule is CNC(=O)[C@@H](Cc1ccccc1)N(Cc1ccccc1Cl)C(=O)CN(c1ccc(OC)c(Cl)c1)S(C)(=O)=O. The first-order valence-corrected chi connectivity index (χ1v) is 14.2. The number of nitrogens with zero attached hydrogens (tertiary/aromatic N) is 2. The highest BCUT2D eigenvalue weighted by molar-refractivity contribution is 7.92. The lowest BCUT2D eigenvalue weighted by Crippen LogP contribution is -2.52. The number of carbonyl (C=O) groups is 2. The highest BCUT2D eigenvalue weighted by Gasteiger charge is 2.33. The van der Waals surface area contributed by atoms with Gasteiger partial charge in [0.1, 0.15) is 18.3 Å². The van der Waals surface area contributed by atoms with E-state index in [1.165, 1.54) is 37.3 Å². The van der Waals surface area contributed by atoms with Crippen LogP contribution in [0.25, 0.3) is 0 Å². The molecule has 3 aromatic rings. The molecule has 0 aromatic heterocycles. The molecule has 0 radical (unpaired) electrons. The molecule has 0 spiro atoms. The zero-order valence-electron chi connectivity index (χ0n) is 21.2. The van der Waals surface area contributed by atoms with Crippen molar-refractivity contribution in [1.29, 1.82) is 0 Å². The van der Waals surface area contributed by atoms with E-state index in [9.17, 15) is 18.0 Å². The van der Waals surface area contributed by atoms with Crippen molar-refractivity contribution in [2.45, 2.75) is 19.0 Å². The van der Waals surface area contributed by atoms with Gasteiger partial charge in [0.05, 0.1) is 24.1 Å². The smallest absolute Gasteiger partial charge is 0.244 e. The number of amides is 2.